The van der Waals surface area contributed by atoms with Gasteiger partial charge in [0.25, 0.3) is 0 Å². The Hall–Kier alpha value is -2.60. The smallest absolute Gasteiger partial charge is 0.150 e. The van der Waals surface area contributed by atoms with Crippen LogP contribution in [0.1, 0.15) is 47.7 Å². The Labute approximate surface area is 124 Å². The fraction of sp³-hybridized carbons (Fsp3) is 0.222. The van der Waals surface area contributed by atoms with Crippen molar-refractivity contribution in [2.75, 3.05) is 0 Å². The van der Waals surface area contributed by atoms with Crippen molar-refractivity contribution >= 4 is 6.29 Å². The summed E-state index contributed by atoms with van der Waals surface area (Å²) in [6.45, 7) is 4.34. The van der Waals surface area contributed by atoms with Crippen LogP contribution in [-0.2, 0) is 0 Å². The third-order valence-corrected chi connectivity index (χ3v) is 3.55. The van der Waals surface area contributed by atoms with Gasteiger partial charge in [-0.1, -0.05) is 26.0 Å². The Kier molecular flexibility index (Phi) is 4.73. The summed E-state index contributed by atoms with van der Waals surface area (Å²) in [5.74, 6) is 1.65. The fourth-order valence-electron chi connectivity index (χ4n) is 2.02. The molecule has 0 radical (unpaired) electrons. The number of carbonyl (C=O) groups is 1. The van der Waals surface area contributed by atoms with Crippen LogP contribution >= 0.6 is 0 Å². The van der Waals surface area contributed by atoms with E-state index in [1.165, 1.54) is 11.6 Å². The molecule has 0 spiro atoms. The maximum Gasteiger partial charge on any atom is 0.150 e. The van der Waals surface area contributed by atoms with Gasteiger partial charge in [-0.15, -0.1) is 0 Å². The largest absolute Gasteiger partial charge is 0.456 e. The molecule has 0 aliphatic carbocycles. The molecule has 0 fully saturated rings. The van der Waals surface area contributed by atoms with E-state index in [9.17, 15) is 4.79 Å². The lowest BCUT2D eigenvalue weighted by atomic mass is 9.99. The lowest BCUT2D eigenvalue weighted by Gasteiger charge is -2.11. The molecule has 0 N–H and O–H groups in total. The van der Waals surface area contributed by atoms with Crippen molar-refractivity contribution in [1.82, 2.24) is 0 Å². The molecule has 0 aliphatic rings. The van der Waals surface area contributed by atoms with Crippen molar-refractivity contribution in [3.8, 4) is 17.6 Å². The lowest BCUT2D eigenvalue weighted by Crippen LogP contribution is -1.93. The van der Waals surface area contributed by atoms with E-state index in [1.807, 2.05) is 30.3 Å². The number of rotatable bonds is 5. The zero-order valence-electron chi connectivity index (χ0n) is 12.2. The van der Waals surface area contributed by atoms with Crippen LogP contribution < -0.4 is 4.74 Å². The molecule has 2 aromatic carbocycles. The van der Waals surface area contributed by atoms with Crippen LogP contribution in [0.15, 0.2) is 42.5 Å². The molecule has 0 saturated carbocycles. The summed E-state index contributed by atoms with van der Waals surface area (Å²) in [6, 6.07) is 14.7. The zero-order chi connectivity index (χ0) is 15.2. The number of aldehydes is 1. The molecule has 3 nitrogen and oxygen atoms in total. The van der Waals surface area contributed by atoms with E-state index in [2.05, 4.69) is 13.8 Å². The minimum Gasteiger partial charge on any atom is -0.456 e. The normalized spacial score (nSPS) is 11.5. The standard InChI is InChI=1S/C18H17NO2/c1-3-13(2)15-5-7-17(8-6-15)21-18-9-4-14(12-20)10-16(18)11-19/h4-10,12-13H,3H2,1-2H3. The zero-order valence-corrected chi connectivity index (χ0v) is 12.2. The fourth-order valence-corrected chi connectivity index (χ4v) is 2.02. The summed E-state index contributed by atoms with van der Waals surface area (Å²) in [7, 11) is 0. The molecule has 106 valence electrons. The Bertz CT molecular complexity index is 669. The highest BCUT2D eigenvalue weighted by atomic mass is 16.5. The van der Waals surface area contributed by atoms with Crippen molar-refractivity contribution < 1.29 is 9.53 Å². The highest BCUT2D eigenvalue weighted by molar-refractivity contribution is 5.76. The van der Waals surface area contributed by atoms with E-state index in [-0.39, 0.29) is 0 Å². The van der Waals surface area contributed by atoms with Gasteiger partial charge in [0.1, 0.15) is 23.9 Å². The molecule has 0 aliphatic heterocycles. The lowest BCUT2D eigenvalue weighted by molar-refractivity contribution is 0.112. The number of hydrogen-bond acceptors (Lipinski definition) is 3. The van der Waals surface area contributed by atoms with Crippen molar-refractivity contribution in [3.05, 3.63) is 59.2 Å². The van der Waals surface area contributed by atoms with Gasteiger partial charge in [0.05, 0.1) is 5.56 Å². The number of benzene rings is 2. The van der Waals surface area contributed by atoms with E-state index in [1.54, 1.807) is 12.1 Å². The average molecular weight is 279 g/mol. The first kappa shape index (κ1) is 14.8. The van der Waals surface area contributed by atoms with Crippen molar-refractivity contribution in [2.45, 2.75) is 26.2 Å². The SMILES string of the molecule is CCC(C)c1ccc(Oc2ccc(C=O)cc2C#N)cc1. The second-order valence-electron chi connectivity index (χ2n) is 4.97. The molecule has 0 bridgehead atoms. The van der Waals surface area contributed by atoms with Gasteiger partial charge in [-0.3, -0.25) is 4.79 Å². The number of hydrogen-bond donors (Lipinski definition) is 0. The Morgan fingerprint density at radius 3 is 2.52 bits per heavy atom. The van der Waals surface area contributed by atoms with E-state index in [0.717, 1.165) is 6.42 Å². The summed E-state index contributed by atoms with van der Waals surface area (Å²) in [5, 5.41) is 9.12. The monoisotopic (exact) mass is 279 g/mol. The van der Waals surface area contributed by atoms with E-state index >= 15 is 0 Å². The minimum absolute atomic E-state index is 0.352. The molecule has 2 aromatic rings. The molecule has 0 heterocycles. The molecule has 0 saturated heterocycles. The van der Waals surface area contributed by atoms with Crippen LogP contribution in [-0.4, -0.2) is 6.29 Å². The van der Waals surface area contributed by atoms with Crippen molar-refractivity contribution in [1.29, 1.82) is 5.26 Å². The summed E-state index contributed by atoms with van der Waals surface area (Å²) < 4.78 is 5.73. The molecule has 2 rings (SSSR count). The molecule has 3 heteroatoms. The summed E-state index contributed by atoms with van der Waals surface area (Å²) in [4.78, 5) is 10.7. The minimum atomic E-state index is 0.352. The van der Waals surface area contributed by atoms with E-state index < -0.39 is 0 Å². The van der Waals surface area contributed by atoms with Crippen LogP contribution in [0.3, 0.4) is 0 Å². The van der Waals surface area contributed by atoms with Crippen LogP contribution in [0, 0.1) is 11.3 Å². The Morgan fingerprint density at radius 2 is 1.95 bits per heavy atom. The van der Waals surface area contributed by atoms with Gasteiger partial charge in [-0.2, -0.15) is 5.26 Å². The Morgan fingerprint density at radius 1 is 1.24 bits per heavy atom. The quantitative estimate of drug-likeness (QED) is 0.747. The molecule has 21 heavy (non-hydrogen) atoms. The van der Waals surface area contributed by atoms with Gasteiger partial charge in [0.2, 0.25) is 0 Å². The van der Waals surface area contributed by atoms with Gasteiger partial charge in [-0.25, -0.2) is 0 Å². The molecule has 1 atom stereocenters. The second kappa shape index (κ2) is 6.71. The molecule has 1 unspecified atom stereocenters. The average Bonchev–Trinajstić information content (AvgIpc) is 2.55. The number of nitriles is 1. The third-order valence-electron chi connectivity index (χ3n) is 3.55. The maximum atomic E-state index is 10.7. The first-order chi connectivity index (χ1) is 10.2. The first-order valence-electron chi connectivity index (χ1n) is 6.95. The van der Waals surface area contributed by atoms with Gasteiger partial charge >= 0.3 is 0 Å². The second-order valence-corrected chi connectivity index (χ2v) is 4.97. The molecular formula is C18H17NO2. The van der Waals surface area contributed by atoms with Crippen LogP contribution in [0.2, 0.25) is 0 Å². The van der Waals surface area contributed by atoms with Gasteiger partial charge in [0.15, 0.2) is 0 Å². The molecular weight excluding hydrogens is 262 g/mol. The van der Waals surface area contributed by atoms with Crippen LogP contribution in [0.4, 0.5) is 0 Å². The maximum absolute atomic E-state index is 10.7. The molecule has 0 aromatic heterocycles. The number of ether oxygens (including phenoxy) is 1. The number of nitrogens with zero attached hydrogens (tertiary/aromatic N) is 1. The summed E-state index contributed by atoms with van der Waals surface area (Å²) in [6.07, 6.45) is 1.80. The van der Waals surface area contributed by atoms with E-state index in [4.69, 9.17) is 10.00 Å². The van der Waals surface area contributed by atoms with Crippen molar-refractivity contribution in [2.24, 2.45) is 0 Å². The summed E-state index contributed by atoms with van der Waals surface area (Å²) in [5.41, 5.74) is 2.08. The highest BCUT2D eigenvalue weighted by Crippen LogP contribution is 2.27. The highest BCUT2D eigenvalue weighted by Gasteiger charge is 2.07. The van der Waals surface area contributed by atoms with Gasteiger partial charge in [0, 0.05) is 5.56 Å². The van der Waals surface area contributed by atoms with Crippen molar-refractivity contribution in [3.63, 3.8) is 0 Å². The predicted molar refractivity (Wildman–Crippen MR) is 81.8 cm³/mol. The van der Waals surface area contributed by atoms with E-state index in [0.29, 0.717) is 34.8 Å². The third kappa shape index (κ3) is 3.49. The Balaban J connectivity index is 2.22. The molecule has 0 amide bonds. The van der Waals surface area contributed by atoms with Crippen LogP contribution in [0.5, 0.6) is 11.5 Å². The first-order valence-corrected chi connectivity index (χ1v) is 6.95. The number of carbonyl (C=O) groups excluding carboxylic acids is 1. The topological polar surface area (TPSA) is 50.1 Å². The summed E-state index contributed by atoms with van der Waals surface area (Å²) >= 11 is 0. The van der Waals surface area contributed by atoms with Gasteiger partial charge < -0.3 is 4.74 Å². The van der Waals surface area contributed by atoms with Gasteiger partial charge in [-0.05, 0) is 48.2 Å². The van der Waals surface area contributed by atoms with Crippen LogP contribution in [0.25, 0.3) is 0 Å². The predicted octanol–water partition coefficient (Wildman–Crippen LogP) is 4.68.